The minimum absolute atomic E-state index is 0.0251. The highest BCUT2D eigenvalue weighted by Crippen LogP contribution is 2.14. The molecule has 1 atom stereocenters. The first-order valence-corrected chi connectivity index (χ1v) is 12.6. The van der Waals surface area contributed by atoms with Crippen molar-refractivity contribution in [1.29, 1.82) is 0 Å². The molecule has 11 nitrogen and oxygen atoms in total. The number of rotatable bonds is 19. The maximum atomic E-state index is 11.7. The highest BCUT2D eigenvalue weighted by molar-refractivity contribution is 8.03. The molecule has 0 bridgehead atoms. The summed E-state index contributed by atoms with van der Waals surface area (Å²) < 4.78 is 10.5. The van der Waals surface area contributed by atoms with E-state index in [1.165, 1.54) is 12.2 Å². The molecule has 184 valence electrons. The third-order valence-corrected chi connectivity index (χ3v) is 5.75. The van der Waals surface area contributed by atoms with Gasteiger partial charge in [-0.3, -0.25) is 28.9 Å². The molecule has 13 heteroatoms. The second kappa shape index (κ2) is 17.4. The fourth-order valence-electron chi connectivity index (χ4n) is 2.81. The Morgan fingerprint density at radius 1 is 1.00 bits per heavy atom. The highest BCUT2D eigenvalue weighted by Gasteiger charge is 2.23. The molecular weight excluding hydrogens is 471 g/mol. The molecule has 0 radical (unpaired) electrons. The molecular formula is C20H31N4O7PS. The lowest BCUT2D eigenvalue weighted by Crippen LogP contribution is -2.35. The number of carbonyl (C=O) groups is 5. The number of nitrogens with zero attached hydrogens (tertiary/aromatic N) is 1. The van der Waals surface area contributed by atoms with Crippen molar-refractivity contribution in [3.05, 3.63) is 12.2 Å². The lowest BCUT2D eigenvalue weighted by Gasteiger charge is -2.13. The van der Waals surface area contributed by atoms with Gasteiger partial charge in [0.05, 0.1) is 27.2 Å². The number of carbonyl (C=O) groups excluding carboxylic acids is 5. The Bertz CT molecular complexity index is 717. The molecule has 1 heterocycles. The van der Waals surface area contributed by atoms with Crippen LogP contribution in [-0.2, 0) is 45.3 Å². The number of hydrogen-bond donors (Lipinski definition) is 3. The van der Waals surface area contributed by atoms with Crippen LogP contribution < -0.4 is 16.4 Å². The van der Waals surface area contributed by atoms with Crippen LogP contribution in [0.1, 0.15) is 25.7 Å². The SMILES string of the molecule is NCC(CCCCNC(=O)COCCOCCNC(=O)CCN1C(=O)C=CC1=O)C(=O)P=S. The largest absolute Gasteiger partial charge is 0.377 e. The molecule has 0 spiro atoms. The molecule has 0 fully saturated rings. The van der Waals surface area contributed by atoms with E-state index in [1.807, 2.05) is 0 Å². The summed E-state index contributed by atoms with van der Waals surface area (Å²) in [4.78, 5) is 58.7. The van der Waals surface area contributed by atoms with Crippen LogP contribution in [0.2, 0.25) is 0 Å². The average Bonchev–Trinajstić information content (AvgIpc) is 3.13. The van der Waals surface area contributed by atoms with Gasteiger partial charge in [-0.1, -0.05) is 6.42 Å². The van der Waals surface area contributed by atoms with E-state index in [2.05, 4.69) is 10.6 Å². The maximum Gasteiger partial charge on any atom is 0.253 e. The summed E-state index contributed by atoms with van der Waals surface area (Å²) in [5.74, 6) is -1.56. The van der Waals surface area contributed by atoms with Crippen LogP contribution in [0.4, 0.5) is 0 Å². The Kier molecular flexibility index (Phi) is 15.2. The number of ether oxygens (including phenoxy) is 2. The second-order valence-corrected chi connectivity index (χ2v) is 8.31. The highest BCUT2D eigenvalue weighted by atomic mass is 32.4. The van der Waals surface area contributed by atoms with Gasteiger partial charge in [-0.15, -0.1) is 0 Å². The van der Waals surface area contributed by atoms with Crippen LogP contribution in [-0.4, -0.2) is 86.7 Å². The lowest BCUT2D eigenvalue weighted by atomic mass is 10.0. The van der Waals surface area contributed by atoms with Crippen LogP contribution >= 0.6 is 7.36 Å². The standard InChI is InChI=1S/C20H31N4O7PS/c21-13-15(20(29)32-33)3-1-2-7-22-17(26)14-31-12-11-30-10-8-23-16(25)6-9-24-18(27)4-5-19(24)28/h4-5,15H,1-3,6-14,21H2,(H,22,26)(H,23,25). The molecule has 1 rings (SSSR count). The number of unbranched alkanes of at least 4 members (excludes halogenated alkanes) is 1. The monoisotopic (exact) mass is 502 g/mol. The van der Waals surface area contributed by atoms with Crippen LogP contribution in [0.3, 0.4) is 0 Å². The van der Waals surface area contributed by atoms with Crippen molar-refractivity contribution in [1.82, 2.24) is 15.5 Å². The Morgan fingerprint density at radius 2 is 1.67 bits per heavy atom. The van der Waals surface area contributed by atoms with Crippen molar-refractivity contribution >= 4 is 48.3 Å². The zero-order chi connectivity index (χ0) is 24.5. The molecule has 33 heavy (non-hydrogen) atoms. The van der Waals surface area contributed by atoms with Gasteiger partial charge in [-0.05, 0) is 24.6 Å². The van der Waals surface area contributed by atoms with E-state index in [4.69, 9.17) is 27.0 Å². The van der Waals surface area contributed by atoms with Crippen molar-refractivity contribution in [3.63, 3.8) is 0 Å². The summed E-state index contributed by atoms with van der Waals surface area (Å²) in [5, 5.41) is 5.37. The Balaban J connectivity index is 1.91. The van der Waals surface area contributed by atoms with Crippen molar-refractivity contribution in [3.8, 4) is 0 Å². The van der Waals surface area contributed by atoms with Gasteiger partial charge in [0.15, 0.2) is 5.52 Å². The van der Waals surface area contributed by atoms with Gasteiger partial charge < -0.3 is 25.8 Å². The summed E-state index contributed by atoms with van der Waals surface area (Å²) >= 11 is 4.73. The predicted molar refractivity (Wildman–Crippen MR) is 124 cm³/mol. The van der Waals surface area contributed by atoms with Crippen LogP contribution in [0.25, 0.3) is 0 Å². The molecule has 4 N–H and O–H groups in total. The number of nitrogens with two attached hydrogens (primary N) is 1. The van der Waals surface area contributed by atoms with Gasteiger partial charge in [0.2, 0.25) is 11.8 Å². The van der Waals surface area contributed by atoms with E-state index in [0.717, 1.165) is 17.7 Å². The number of hydrogen-bond acceptors (Lipinski definition) is 9. The maximum absolute atomic E-state index is 11.7. The van der Waals surface area contributed by atoms with Gasteiger partial charge in [-0.2, -0.15) is 0 Å². The first-order valence-electron chi connectivity index (χ1n) is 10.7. The fourth-order valence-corrected chi connectivity index (χ4v) is 3.64. The van der Waals surface area contributed by atoms with E-state index in [9.17, 15) is 24.0 Å². The molecule has 0 saturated heterocycles. The van der Waals surface area contributed by atoms with E-state index >= 15 is 0 Å². The topological polar surface area (TPSA) is 157 Å². The van der Waals surface area contributed by atoms with E-state index in [1.54, 1.807) is 0 Å². The molecule has 0 saturated carbocycles. The van der Waals surface area contributed by atoms with Crippen molar-refractivity contribution < 1.29 is 33.4 Å². The van der Waals surface area contributed by atoms with E-state index in [-0.39, 0.29) is 75.7 Å². The number of nitrogens with one attached hydrogen (secondary N) is 2. The summed E-state index contributed by atoms with van der Waals surface area (Å²) in [7, 11) is 0.313. The van der Waals surface area contributed by atoms with Gasteiger partial charge in [0.1, 0.15) is 6.61 Å². The summed E-state index contributed by atoms with van der Waals surface area (Å²) in [6, 6.07) is 0. The summed E-state index contributed by atoms with van der Waals surface area (Å²) in [6.45, 7) is 1.78. The molecule has 4 amide bonds. The summed E-state index contributed by atoms with van der Waals surface area (Å²) in [5.41, 5.74) is 5.54. The Labute approximate surface area is 199 Å². The van der Waals surface area contributed by atoms with E-state index in [0.29, 0.717) is 20.3 Å². The Morgan fingerprint density at radius 3 is 2.33 bits per heavy atom. The minimum Gasteiger partial charge on any atom is -0.377 e. The van der Waals surface area contributed by atoms with Gasteiger partial charge in [0.25, 0.3) is 11.8 Å². The molecule has 0 aromatic rings. The van der Waals surface area contributed by atoms with Gasteiger partial charge in [0, 0.05) is 50.7 Å². The molecule has 1 aliphatic heterocycles. The Hall–Kier alpha value is -2.11. The molecule has 1 unspecified atom stereocenters. The van der Waals surface area contributed by atoms with Crippen molar-refractivity contribution in [2.75, 3.05) is 52.6 Å². The number of imide groups is 1. The zero-order valence-corrected chi connectivity index (χ0v) is 20.2. The average molecular weight is 503 g/mol. The zero-order valence-electron chi connectivity index (χ0n) is 18.5. The van der Waals surface area contributed by atoms with Crippen LogP contribution in [0, 0.1) is 5.92 Å². The lowest BCUT2D eigenvalue weighted by molar-refractivity contribution is -0.137. The van der Waals surface area contributed by atoms with Gasteiger partial charge in [-0.25, -0.2) is 0 Å². The summed E-state index contributed by atoms with van der Waals surface area (Å²) in [6.07, 6.45) is 4.55. The molecule has 0 aromatic carbocycles. The first kappa shape index (κ1) is 28.9. The molecule has 0 aromatic heterocycles. The molecule has 0 aliphatic carbocycles. The van der Waals surface area contributed by atoms with Gasteiger partial charge >= 0.3 is 0 Å². The molecule has 1 aliphatic rings. The second-order valence-electron chi connectivity index (χ2n) is 7.13. The van der Waals surface area contributed by atoms with Crippen LogP contribution in [0.15, 0.2) is 12.2 Å². The van der Waals surface area contributed by atoms with Crippen LogP contribution in [0.5, 0.6) is 0 Å². The van der Waals surface area contributed by atoms with Crippen molar-refractivity contribution in [2.45, 2.75) is 25.7 Å². The first-order chi connectivity index (χ1) is 15.9. The quantitative estimate of drug-likeness (QED) is 0.117. The predicted octanol–water partition coefficient (Wildman–Crippen LogP) is -0.753. The third-order valence-electron chi connectivity index (χ3n) is 4.66. The van der Waals surface area contributed by atoms with Crippen molar-refractivity contribution in [2.24, 2.45) is 11.7 Å². The smallest absolute Gasteiger partial charge is 0.253 e. The minimum atomic E-state index is -0.415. The fraction of sp³-hybridized carbons (Fsp3) is 0.650. The normalized spacial score (nSPS) is 14.0. The third kappa shape index (κ3) is 12.6. The number of amides is 4. The van der Waals surface area contributed by atoms with E-state index < -0.39 is 11.8 Å².